The predicted molar refractivity (Wildman–Crippen MR) is 81.7 cm³/mol. The van der Waals surface area contributed by atoms with Crippen molar-refractivity contribution in [2.75, 3.05) is 12.8 Å². The first-order valence-corrected chi connectivity index (χ1v) is 8.13. The van der Waals surface area contributed by atoms with Gasteiger partial charge in [-0.1, -0.05) is 17.3 Å². The molecule has 5 nitrogen and oxygen atoms in total. The normalized spacial score (nSPS) is 18.9. The number of para-hydroxylation sites is 1. The van der Waals surface area contributed by atoms with Gasteiger partial charge in [0.2, 0.25) is 11.7 Å². The topological polar surface area (TPSA) is 60.2 Å². The van der Waals surface area contributed by atoms with Gasteiger partial charge in [0, 0.05) is 23.1 Å². The number of hydrogen-bond acceptors (Lipinski definition) is 6. The summed E-state index contributed by atoms with van der Waals surface area (Å²) in [7, 11) is 1.95. The molecule has 0 amide bonds. The summed E-state index contributed by atoms with van der Waals surface area (Å²) >= 11 is 1.77. The van der Waals surface area contributed by atoms with Gasteiger partial charge < -0.3 is 14.6 Å². The Bertz CT molecular complexity index is 602. The summed E-state index contributed by atoms with van der Waals surface area (Å²) < 4.78 is 11.3. The summed E-state index contributed by atoms with van der Waals surface area (Å²) in [6.07, 6.45) is 1.62. The second-order valence-electron chi connectivity index (χ2n) is 5.14. The number of nitrogens with zero attached hydrogens (tertiary/aromatic N) is 2. The van der Waals surface area contributed by atoms with Crippen LogP contribution in [-0.2, 0) is 6.42 Å². The molecule has 2 atom stereocenters. The minimum atomic E-state index is -0.135. The van der Waals surface area contributed by atoms with E-state index in [1.165, 1.54) is 4.90 Å². The SMILES string of the molecule is CNC(C)CCc1nc(C2CSc3ccccc3O2)no1. The van der Waals surface area contributed by atoms with Crippen LogP contribution in [0.3, 0.4) is 0 Å². The van der Waals surface area contributed by atoms with Gasteiger partial charge in [-0.15, -0.1) is 11.8 Å². The van der Waals surface area contributed by atoms with Crippen LogP contribution in [0, 0.1) is 0 Å². The lowest BCUT2D eigenvalue weighted by Crippen LogP contribution is -2.21. The number of aromatic nitrogens is 2. The number of benzene rings is 1. The van der Waals surface area contributed by atoms with E-state index in [1.807, 2.05) is 25.2 Å². The number of rotatable bonds is 5. The Morgan fingerprint density at radius 1 is 1.43 bits per heavy atom. The molecule has 0 spiro atoms. The van der Waals surface area contributed by atoms with E-state index >= 15 is 0 Å². The molecule has 1 aliphatic rings. The van der Waals surface area contributed by atoms with Crippen molar-refractivity contribution in [1.29, 1.82) is 0 Å². The number of hydrogen-bond donors (Lipinski definition) is 1. The first-order chi connectivity index (χ1) is 10.3. The largest absolute Gasteiger partial charge is 0.480 e. The van der Waals surface area contributed by atoms with Crippen LogP contribution in [0.15, 0.2) is 33.7 Å². The summed E-state index contributed by atoms with van der Waals surface area (Å²) in [4.78, 5) is 5.64. The lowest BCUT2D eigenvalue weighted by molar-refractivity contribution is 0.205. The highest BCUT2D eigenvalue weighted by Gasteiger charge is 2.26. The Hall–Kier alpha value is -1.53. The van der Waals surface area contributed by atoms with Crippen molar-refractivity contribution in [3.05, 3.63) is 36.0 Å². The number of fused-ring (bicyclic) bond motifs is 1. The van der Waals surface area contributed by atoms with Crippen LogP contribution in [0.2, 0.25) is 0 Å². The summed E-state index contributed by atoms with van der Waals surface area (Å²) in [5.41, 5.74) is 0. The third kappa shape index (κ3) is 3.39. The van der Waals surface area contributed by atoms with Gasteiger partial charge in [-0.25, -0.2) is 0 Å². The van der Waals surface area contributed by atoms with E-state index in [9.17, 15) is 0 Å². The fourth-order valence-electron chi connectivity index (χ4n) is 2.13. The Balaban J connectivity index is 1.65. The monoisotopic (exact) mass is 305 g/mol. The molecule has 0 radical (unpaired) electrons. The molecule has 1 N–H and O–H groups in total. The lowest BCUT2D eigenvalue weighted by Gasteiger charge is -2.22. The van der Waals surface area contributed by atoms with Gasteiger partial charge in [-0.2, -0.15) is 4.98 Å². The van der Waals surface area contributed by atoms with Crippen LogP contribution in [0.1, 0.15) is 31.2 Å². The van der Waals surface area contributed by atoms with Gasteiger partial charge in [0.05, 0.1) is 0 Å². The van der Waals surface area contributed by atoms with E-state index in [-0.39, 0.29) is 6.10 Å². The van der Waals surface area contributed by atoms with Gasteiger partial charge in [0.25, 0.3) is 0 Å². The Kier molecular flexibility index (Phi) is 4.45. The molecular formula is C15H19N3O2S. The number of nitrogens with one attached hydrogen (secondary N) is 1. The lowest BCUT2D eigenvalue weighted by atomic mass is 10.2. The third-order valence-electron chi connectivity index (χ3n) is 3.56. The Morgan fingerprint density at radius 2 is 2.29 bits per heavy atom. The molecule has 0 fully saturated rings. The molecule has 0 bridgehead atoms. The van der Waals surface area contributed by atoms with Crippen LogP contribution in [-0.4, -0.2) is 29.0 Å². The summed E-state index contributed by atoms with van der Waals surface area (Å²) in [6, 6.07) is 8.47. The van der Waals surface area contributed by atoms with E-state index in [2.05, 4.69) is 28.4 Å². The van der Waals surface area contributed by atoms with Crippen molar-refractivity contribution in [1.82, 2.24) is 15.5 Å². The number of thioether (sulfide) groups is 1. The van der Waals surface area contributed by atoms with Gasteiger partial charge in [0.1, 0.15) is 5.75 Å². The molecular weight excluding hydrogens is 286 g/mol. The molecule has 0 saturated heterocycles. The zero-order valence-electron chi connectivity index (χ0n) is 12.2. The van der Waals surface area contributed by atoms with Crippen LogP contribution in [0.4, 0.5) is 0 Å². The van der Waals surface area contributed by atoms with E-state index in [4.69, 9.17) is 9.26 Å². The van der Waals surface area contributed by atoms with Crippen molar-refractivity contribution in [3.63, 3.8) is 0 Å². The maximum Gasteiger partial charge on any atom is 0.226 e. The molecule has 0 aliphatic carbocycles. The maximum atomic E-state index is 5.96. The smallest absolute Gasteiger partial charge is 0.226 e. The van der Waals surface area contributed by atoms with E-state index < -0.39 is 0 Å². The first kappa shape index (κ1) is 14.4. The first-order valence-electron chi connectivity index (χ1n) is 7.14. The van der Waals surface area contributed by atoms with Crippen LogP contribution >= 0.6 is 11.8 Å². The highest BCUT2D eigenvalue weighted by molar-refractivity contribution is 7.99. The average Bonchev–Trinajstić information content (AvgIpc) is 3.01. The summed E-state index contributed by atoms with van der Waals surface area (Å²) in [5, 5.41) is 7.27. The number of aryl methyl sites for hydroxylation is 1. The predicted octanol–water partition coefficient (Wildman–Crippen LogP) is 2.84. The van der Waals surface area contributed by atoms with E-state index in [1.54, 1.807) is 11.8 Å². The molecule has 1 aromatic heterocycles. The fraction of sp³-hybridized carbons (Fsp3) is 0.467. The van der Waals surface area contributed by atoms with E-state index in [0.29, 0.717) is 17.8 Å². The van der Waals surface area contributed by atoms with Crippen molar-refractivity contribution in [2.45, 2.75) is 36.8 Å². The minimum absolute atomic E-state index is 0.135. The minimum Gasteiger partial charge on any atom is -0.480 e. The second-order valence-corrected chi connectivity index (χ2v) is 6.20. The van der Waals surface area contributed by atoms with Crippen molar-refractivity contribution < 1.29 is 9.26 Å². The Labute approximate surface area is 128 Å². The van der Waals surface area contributed by atoms with E-state index in [0.717, 1.165) is 24.3 Å². The molecule has 1 aliphatic heterocycles. The molecule has 21 heavy (non-hydrogen) atoms. The van der Waals surface area contributed by atoms with Gasteiger partial charge in [-0.05, 0) is 32.5 Å². The molecule has 0 saturated carbocycles. The summed E-state index contributed by atoms with van der Waals surface area (Å²) in [6.45, 7) is 2.13. The van der Waals surface area contributed by atoms with Gasteiger partial charge in [-0.3, -0.25) is 0 Å². The third-order valence-corrected chi connectivity index (χ3v) is 4.68. The molecule has 1 aromatic carbocycles. The highest BCUT2D eigenvalue weighted by Crippen LogP contribution is 2.39. The molecule has 2 aromatic rings. The van der Waals surface area contributed by atoms with Crippen molar-refractivity contribution in [3.8, 4) is 5.75 Å². The van der Waals surface area contributed by atoms with Crippen LogP contribution < -0.4 is 10.1 Å². The molecule has 3 rings (SSSR count). The molecule has 2 unspecified atom stereocenters. The molecule has 2 heterocycles. The summed E-state index contributed by atoms with van der Waals surface area (Å²) in [5.74, 6) is 3.03. The van der Waals surface area contributed by atoms with Crippen LogP contribution in [0.25, 0.3) is 0 Å². The highest BCUT2D eigenvalue weighted by atomic mass is 32.2. The average molecular weight is 305 g/mol. The zero-order chi connectivity index (χ0) is 14.7. The Morgan fingerprint density at radius 3 is 3.14 bits per heavy atom. The van der Waals surface area contributed by atoms with Gasteiger partial charge in [0.15, 0.2) is 6.10 Å². The number of ether oxygens (including phenoxy) is 1. The molecule has 6 heteroatoms. The zero-order valence-corrected chi connectivity index (χ0v) is 13.0. The van der Waals surface area contributed by atoms with Crippen molar-refractivity contribution >= 4 is 11.8 Å². The standard InChI is InChI=1S/C15H19N3O2S/c1-10(16-2)7-8-14-17-15(18-20-14)12-9-21-13-6-4-3-5-11(13)19-12/h3-6,10,12,16H,7-9H2,1-2H3. The van der Waals surface area contributed by atoms with Gasteiger partial charge >= 0.3 is 0 Å². The maximum absolute atomic E-state index is 5.96. The fourth-order valence-corrected chi connectivity index (χ4v) is 3.11. The van der Waals surface area contributed by atoms with Crippen LogP contribution in [0.5, 0.6) is 5.75 Å². The molecule has 112 valence electrons. The van der Waals surface area contributed by atoms with Crippen molar-refractivity contribution in [2.24, 2.45) is 0 Å². The second kappa shape index (κ2) is 6.49. The quantitative estimate of drug-likeness (QED) is 0.916.